The average Bonchev–Trinajstić information content (AvgIpc) is 2.02. The molecule has 0 radical (unpaired) electrons. The van der Waals surface area contributed by atoms with Gasteiger partial charge in [0.25, 0.3) is 0 Å². The van der Waals surface area contributed by atoms with Crippen LogP contribution in [0.5, 0.6) is 0 Å². The topological polar surface area (TPSA) is 3.24 Å². The first-order valence-electron chi connectivity index (χ1n) is 5.93. The van der Waals surface area contributed by atoms with Gasteiger partial charge in [0, 0.05) is 19.6 Å². The maximum absolute atomic E-state index is 2.65. The molecule has 1 aliphatic heterocycles. The van der Waals surface area contributed by atoms with Crippen LogP contribution in [-0.2, 0) is 0 Å². The Morgan fingerprint density at radius 1 is 1.08 bits per heavy atom. The molecule has 0 aromatic heterocycles. The molecule has 0 aromatic rings. The van der Waals surface area contributed by atoms with Gasteiger partial charge in [-0.05, 0) is 24.2 Å². The minimum atomic E-state index is 0.785. The molecule has 0 atom stereocenters. The van der Waals surface area contributed by atoms with Gasteiger partial charge in [-0.2, -0.15) is 0 Å². The van der Waals surface area contributed by atoms with Crippen molar-refractivity contribution in [3.63, 3.8) is 0 Å². The van der Waals surface area contributed by atoms with E-state index in [9.17, 15) is 0 Å². The van der Waals surface area contributed by atoms with Crippen LogP contribution in [0.2, 0.25) is 0 Å². The quantitative estimate of drug-likeness (QED) is 0.633. The Balaban J connectivity index is 1.75. The molecule has 1 spiro atoms. The van der Waals surface area contributed by atoms with Crippen LogP contribution in [0.4, 0.5) is 0 Å². The van der Waals surface area contributed by atoms with Gasteiger partial charge < -0.3 is 4.90 Å². The summed E-state index contributed by atoms with van der Waals surface area (Å²) in [5.41, 5.74) is 0.785. The van der Waals surface area contributed by atoms with Crippen LogP contribution in [0, 0.1) is 11.3 Å². The highest BCUT2D eigenvalue weighted by molar-refractivity contribution is 4.96. The molecule has 1 saturated heterocycles. The molecule has 76 valence electrons. The fraction of sp³-hybridized carbons (Fsp3) is 1.00. The highest BCUT2D eigenvalue weighted by atomic mass is 15.2. The molecular formula is C12H23N. The maximum atomic E-state index is 2.65. The SMILES string of the molecule is CC(C)CN1CC2(CCCCC2)C1. The molecule has 1 nitrogen and oxygen atoms in total. The number of nitrogens with zero attached hydrogens (tertiary/aromatic N) is 1. The molecule has 0 amide bonds. The zero-order valence-corrected chi connectivity index (χ0v) is 9.18. The molecule has 0 bridgehead atoms. The smallest absolute Gasteiger partial charge is 0.00506 e. The van der Waals surface area contributed by atoms with Crippen molar-refractivity contribution in [2.45, 2.75) is 46.0 Å². The summed E-state index contributed by atoms with van der Waals surface area (Å²) in [6.45, 7) is 8.79. The molecule has 0 unspecified atom stereocenters. The third kappa shape index (κ3) is 2.07. The molecule has 2 aliphatic rings. The maximum Gasteiger partial charge on any atom is 0.00506 e. The largest absolute Gasteiger partial charge is 0.302 e. The summed E-state index contributed by atoms with van der Waals surface area (Å²) in [5, 5.41) is 0. The Bertz CT molecular complexity index is 160. The zero-order valence-electron chi connectivity index (χ0n) is 9.18. The summed E-state index contributed by atoms with van der Waals surface area (Å²) in [5.74, 6) is 0.848. The van der Waals surface area contributed by atoms with Gasteiger partial charge in [-0.3, -0.25) is 0 Å². The van der Waals surface area contributed by atoms with Crippen molar-refractivity contribution in [1.82, 2.24) is 4.90 Å². The third-order valence-corrected chi connectivity index (χ3v) is 3.66. The second-order valence-electron chi connectivity index (χ2n) is 5.62. The van der Waals surface area contributed by atoms with Crippen LogP contribution < -0.4 is 0 Å². The van der Waals surface area contributed by atoms with Crippen LogP contribution in [0.3, 0.4) is 0 Å². The molecule has 2 rings (SSSR count). The zero-order chi connectivity index (χ0) is 9.31. The molecule has 1 heterocycles. The fourth-order valence-corrected chi connectivity index (χ4v) is 3.17. The Morgan fingerprint density at radius 3 is 2.23 bits per heavy atom. The standard InChI is InChI=1S/C12H23N/c1-11(2)8-13-9-12(10-13)6-4-3-5-7-12/h11H,3-10H2,1-2H3. The normalized spacial score (nSPS) is 27.9. The van der Waals surface area contributed by atoms with E-state index in [1.54, 1.807) is 0 Å². The summed E-state index contributed by atoms with van der Waals surface area (Å²) in [7, 11) is 0. The van der Waals surface area contributed by atoms with Crippen LogP contribution in [0.1, 0.15) is 46.0 Å². The summed E-state index contributed by atoms with van der Waals surface area (Å²) >= 11 is 0. The van der Waals surface area contributed by atoms with E-state index in [2.05, 4.69) is 18.7 Å². The van der Waals surface area contributed by atoms with Crippen molar-refractivity contribution in [1.29, 1.82) is 0 Å². The minimum Gasteiger partial charge on any atom is -0.302 e. The molecule has 1 aliphatic carbocycles. The van der Waals surface area contributed by atoms with Crippen LogP contribution in [-0.4, -0.2) is 24.5 Å². The molecule has 2 fully saturated rings. The predicted molar refractivity (Wildman–Crippen MR) is 56.8 cm³/mol. The average molecular weight is 181 g/mol. The van der Waals surface area contributed by atoms with Crippen LogP contribution >= 0.6 is 0 Å². The summed E-state index contributed by atoms with van der Waals surface area (Å²) in [6.07, 6.45) is 7.51. The molecule has 0 N–H and O–H groups in total. The summed E-state index contributed by atoms with van der Waals surface area (Å²) in [4.78, 5) is 2.65. The monoisotopic (exact) mass is 181 g/mol. The van der Waals surface area contributed by atoms with Gasteiger partial charge in [0.15, 0.2) is 0 Å². The van der Waals surface area contributed by atoms with E-state index in [0.717, 1.165) is 11.3 Å². The lowest BCUT2D eigenvalue weighted by Gasteiger charge is -2.53. The highest BCUT2D eigenvalue weighted by Crippen LogP contribution is 2.43. The van der Waals surface area contributed by atoms with E-state index in [1.165, 1.54) is 51.7 Å². The van der Waals surface area contributed by atoms with Crippen molar-refractivity contribution in [2.24, 2.45) is 11.3 Å². The number of hydrogen-bond donors (Lipinski definition) is 0. The van der Waals surface area contributed by atoms with E-state index in [-0.39, 0.29) is 0 Å². The van der Waals surface area contributed by atoms with Gasteiger partial charge >= 0.3 is 0 Å². The minimum absolute atomic E-state index is 0.785. The summed E-state index contributed by atoms with van der Waals surface area (Å²) in [6, 6.07) is 0. The lowest BCUT2D eigenvalue weighted by molar-refractivity contribution is -0.0337. The predicted octanol–water partition coefficient (Wildman–Crippen LogP) is 2.91. The van der Waals surface area contributed by atoms with Crippen molar-refractivity contribution in [3.05, 3.63) is 0 Å². The molecule has 13 heavy (non-hydrogen) atoms. The van der Waals surface area contributed by atoms with Crippen LogP contribution in [0.15, 0.2) is 0 Å². The highest BCUT2D eigenvalue weighted by Gasteiger charge is 2.42. The number of likely N-dealkylation sites (tertiary alicyclic amines) is 1. The molecule has 1 heteroatoms. The first-order chi connectivity index (χ1) is 6.20. The Labute approximate surface area is 82.5 Å². The van der Waals surface area contributed by atoms with E-state index in [4.69, 9.17) is 0 Å². The fourth-order valence-electron chi connectivity index (χ4n) is 3.17. The molecule has 0 aromatic carbocycles. The van der Waals surface area contributed by atoms with Gasteiger partial charge in [0.05, 0.1) is 0 Å². The first kappa shape index (κ1) is 9.51. The number of hydrogen-bond acceptors (Lipinski definition) is 1. The summed E-state index contributed by atoms with van der Waals surface area (Å²) < 4.78 is 0. The van der Waals surface area contributed by atoms with Gasteiger partial charge in [0.1, 0.15) is 0 Å². The van der Waals surface area contributed by atoms with Crippen molar-refractivity contribution < 1.29 is 0 Å². The van der Waals surface area contributed by atoms with Crippen molar-refractivity contribution in [3.8, 4) is 0 Å². The second-order valence-corrected chi connectivity index (χ2v) is 5.62. The molecule has 1 saturated carbocycles. The lowest BCUT2D eigenvalue weighted by Crippen LogP contribution is -2.57. The van der Waals surface area contributed by atoms with Gasteiger partial charge in [-0.1, -0.05) is 33.1 Å². The first-order valence-corrected chi connectivity index (χ1v) is 5.93. The third-order valence-electron chi connectivity index (χ3n) is 3.66. The van der Waals surface area contributed by atoms with Crippen LogP contribution in [0.25, 0.3) is 0 Å². The van der Waals surface area contributed by atoms with Crippen molar-refractivity contribution in [2.75, 3.05) is 19.6 Å². The Hall–Kier alpha value is -0.0400. The van der Waals surface area contributed by atoms with E-state index in [0.29, 0.717) is 0 Å². The van der Waals surface area contributed by atoms with E-state index in [1.807, 2.05) is 0 Å². The van der Waals surface area contributed by atoms with Gasteiger partial charge in [0.2, 0.25) is 0 Å². The Morgan fingerprint density at radius 2 is 1.69 bits per heavy atom. The lowest BCUT2D eigenvalue weighted by atomic mass is 9.68. The van der Waals surface area contributed by atoms with Crippen molar-refractivity contribution >= 4 is 0 Å². The second kappa shape index (κ2) is 3.61. The van der Waals surface area contributed by atoms with Gasteiger partial charge in [-0.15, -0.1) is 0 Å². The van der Waals surface area contributed by atoms with Gasteiger partial charge in [-0.25, -0.2) is 0 Å². The number of rotatable bonds is 2. The molecular weight excluding hydrogens is 158 g/mol. The van der Waals surface area contributed by atoms with E-state index < -0.39 is 0 Å². The van der Waals surface area contributed by atoms with E-state index >= 15 is 0 Å². The Kier molecular flexibility index (Phi) is 2.64.